The van der Waals surface area contributed by atoms with E-state index in [1.807, 2.05) is 30.3 Å². The molecule has 5 rings (SSSR count). The molecule has 3 N–H and O–H groups in total. The minimum absolute atomic E-state index is 0.111. The number of H-pyrrole nitrogens is 1. The largest absolute Gasteiger partial charge is 0.460 e. The van der Waals surface area contributed by atoms with Gasteiger partial charge in [-0.1, -0.05) is 23.2 Å². The lowest BCUT2D eigenvalue weighted by molar-refractivity contribution is 0.223. The number of halogens is 2. The summed E-state index contributed by atoms with van der Waals surface area (Å²) in [6.45, 7) is 1.88. The Labute approximate surface area is 194 Å². The summed E-state index contributed by atoms with van der Waals surface area (Å²) >= 11 is 12.3. The molecule has 0 bridgehead atoms. The summed E-state index contributed by atoms with van der Waals surface area (Å²) in [5.41, 5.74) is 9.48. The fourth-order valence-corrected chi connectivity index (χ4v) is 4.41. The quantitative estimate of drug-likeness (QED) is 0.406. The lowest BCUT2D eigenvalue weighted by Gasteiger charge is -2.26. The zero-order chi connectivity index (χ0) is 22.2. The second kappa shape index (κ2) is 8.47. The fraction of sp³-hybridized carbons (Fsp3) is 0.167. The Morgan fingerprint density at radius 2 is 1.91 bits per heavy atom. The highest BCUT2D eigenvalue weighted by atomic mass is 35.5. The summed E-state index contributed by atoms with van der Waals surface area (Å²) in [6.07, 6.45) is 0.692. The maximum absolute atomic E-state index is 12.8. The SMILES string of the molecule is Nc1ccc(-c2nc3c(c(=O)[nH]2)CN(Cc2ccc(-c4ccc(Cl)cc4Cl)o2)CC3)cc1. The molecule has 4 aromatic rings. The van der Waals surface area contributed by atoms with Crippen LogP contribution in [0.1, 0.15) is 17.0 Å². The molecule has 0 radical (unpaired) electrons. The second-order valence-electron chi connectivity index (χ2n) is 7.81. The van der Waals surface area contributed by atoms with Crippen LogP contribution in [0.15, 0.2) is 63.8 Å². The van der Waals surface area contributed by atoms with Crippen LogP contribution >= 0.6 is 23.2 Å². The van der Waals surface area contributed by atoms with Gasteiger partial charge >= 0.3 is 0 Å². The van der Waals surface area contributed by atoms with Crippen LogP contribution in [0.4, 0.5) is 5.69 Å². The first kappa shape index (κ1) is 20.8. The van der Waals surface area contributed by atoms with Crippen molar-refractivity contribution in [3.63, 3.8) is 0 Å². The molecule has 0 unspecified atom stereocenters. The molecule has 162 valence electrons. The predicted octanol–water partition coefficient (Wildman–Crippen LogP) is 5.14. The maximum Gasteiger partial charge on any atom is 0.255 e. The van der Waals surface area contributed by atoms with Crippen LogP contribution < -0.4 is 11.3 Å². The van der Waals surface area contributed by atoms with Crippen molar-refractivity contribution >= 4 is 28.9 Å². The average Bonchev–Trinajstić information content (AvgIpc) is 3.22. The van der Waals surface area contributed by atoms with Crippen LogP contribution in [0, 0.1) is 0 Å². The standard InChI is InChI=1S/C24H20Cl2N4O2/c25-15-3-7-18(20(26)11-15)22-8-6-17(32-22)12-30-10-9-21-19(13-30)24(31)29-23(28-21)14-1-4-16(27)5-2-14/h1-8,11H,9-10,12-13,27H2,(H,28,29,31). The number of rotatable bonds is 4. The Balaban J connectivity index is 1.33. The van der Waals surface area contributed by atoms with Gasteiger partial charge in [0.15, 0.2) is 0 Å². The summed E-state index contributed by atoms with van der Waals surface area (Å²) < 4.78 is 6.02. The first-order valence-corrected chi connectivity index (χ1v) is 11.0. The van der Waals surface area contributed by atoms with Gasteiger partial charge in [0.2, 0.25) is 0 Å². The van der Waals surface area contributed by atoms with Crippen LogP contribution in [0.3, 0.4) is 0 Å². The predicted molar refractivity (Wildman–Crippen MR) is 127 cm³/mol. The third-order valence-corrected chi connectivity index (χ3v) is 6.12. The number of anilines is 1. The molecule has 0 spiro atoms. The van der Waals surface area contributed by atoms with Gasteiger partial charge in [-0.05, 0) is 54.6 Å². The van der Waals surface area contributed by atoms with Gasteiger partial charge in [0.05, 0.1) is 22.8 Å². The van der Waals surface area contributed by atoms with Crippen LogP contribution in [0.2, 0.25) is 10.0 Å². The second-order valence-corrected chi connectivity index (χ2v) is 8.66. The van der Waals surface area contributed by atoms with E-state index in [1.165, 1.54) is 0 Å². The first-order valence-electron chi connectivity index (χ1n) is 10.2. The Bertz CT molecular complexity index is 1350. The van der Waals surface area contributed by atoms with Gasteiger partial charge in [-0.2, -0.15) is 0 Å². The van der Waals surface area contributed by atoms with Crippen LogP contribution in [-0.2, 0) is 19.5 Å². The van der Waals surface area contributed by atoms with Gasteiger partial charge in [-0.15, -0.1) is 0 Å². The molecule has 0 aliphatic carbocycles. The average molecular weight is 467 g/mol. The third kappa shape index (κ3) is 4.17. The van der Waals surface area contributed by atoms with Crippen molar-refractivity contribution in [2.45, 2.75) is 19.5 Å². The van der Waals surface area contributed by atoms with Gasteiger partial charge in [0.1, 0.15) is 17.3 Å². The zero-order valence-corrected chi connectivity index (χ0v) is 18.6. The fourth-order valence-electron chi connectivity index (χ4n) is 3.91. The summed E-state index contributed by atoms with van der Waals surface area (Å²) in [7, 11) is 0. The van der Waals surface area contributed by atoms with Crippen molar-refractivity contribution in [1.82, 2.24) is 14.9 Å². The molecule has 1 aliphatic heterocycles. The summed E-state index contributed by atoms with van der Waals surface area (Å²) in [6, 6.07) is 16.5. The number of nitrogen functional groups attached to an aromatic ring is 1. The van der Waals surface area contributed by atoms with Crippen LogP contribution in [-0.4, -0.2) is 21.4 Å². The van der Waals surface area contributed by atoms with Gasteiger partial charge in [-0.25, -0.2) is 4.98 Å². The van der Waals surface area contributed by atoms with E-state index in [9.17, 15) is 4.79 Å². The zero-order valence-electron chi connectivity index (χ0n) is 17.1. The Morgan fingerprint density at radius 1 is 1.09 bits per heavy atom. The van der Waals surface area contributed by atoms with Crippen LogP contribution in [0.25, 0.3) is 22.7 Å². The molecule has 3 heterocycles. The van der Waals surface area contributed by atoms with Crippen molar-refractivity contribution in [3.05, 3.63) is 92.0 Å². The van der Waals surface area contributed by atoms with E-state index < -0.39 is 0 Å². The number of aromatic nitrogens is 2. The van der Waals surface area contributed by atoms with Crippen molar-refractivity contribution in [3.8, 4) is 22.7 Å². The number of nitrogens with two attached hydrogens (primary N) is 1. The smallest absolute Gasteiger partial charge is 0.255 e. The molecular weight excluding hydrogens is 447 g/mol. The molecule has 32 heavy (non-hydrogen) atoms. The minimum Gasteiger partial charge on any atom is -0.460 e. The maximum atomic E-state index is 12.8. The molecule has 0 saturated heterocycles. The molecular formula is C24H20Cl2N4O2. The molecule has 0 fully saturated rings. The Morgan fingerprint density at radius 3 is 2.69 bits per heavy atom. The first-order chi connectivity index (χ1) is 15.5. The highest BCUT2D eigenvalue weighted by Gasteiger charge is 2.22. The van der Waals surface area contributed by atoms with Crippen molar-refractivity contribution in [2.24, 2.45) is 0 Å². The Kier molecular flexibility index (Phi) is 5.51. The van der Waals surface area contributed by atoms with Gasteiger partial charge in [-0.3, -0.25) is 9.69 Å². The highest BCUT2D eigenvalue weighted by Crippen LogP contribution is 2.32. The molecule has 0 amide bonds. The molecule has 1 aliphatic rings. The number of furan rings is 1. The lowest BCUT2D eigenvalue weighted by atomic mass is 10.1. The van der Waals surface area contributed by atoms with Gasteiger partial charge < -0.3 is 15.1 Å². The van der Waals surface area contributed by atoms with E-state index in [0.717, 1.165) is 29.1 Å². The normalized spacial score (nSPS) is 13.8. The topological polar surface area (TPSA) is 88.1 Å². The summed E-state index contributed by atoms with van der Waals surface area (Å²) in [4.78, 5) is 22.6. The number of benzene rings is 2. The number of hydrogen-bond donors (Lipinski definition) is 2. The van der Waals surface area contributed by atoms with Crippen molar-refractivity contribution < 1.29 is 4.42 Å². The molecule has 0 atom stereocenters. The molecule has 8 heteroatoms. The van der Waals surface area contributed by atoms with Crippen molar-refractivity contribution in [2.75, 3.05) is 12.3 Å². The van der Waals surface area contributed by atoms with Gasteiger partial charge in [0.25, 0.3) is 5.56 Å². The molecule has 2 aromatic carbocycles. The number of nitrogens with zero attached hydrogens (tertiary/aromatic N) is 2. The third-order valence-electron chi connectivity index (χ3n) is 5.57. The van der Waals surface area contributed by atoms with E-state index in [0.29, 0.717) is 52.4 Å². The monoisotopic (exact) mass is 466 g/mol. The van der Waals surface area contributed by atoms with Crippen molar-refractivity contribution in [1.29, 1.82) is 0 Å². The van der Waals surface area contributed by atoms with E-state index in [1.54, 1.807) is 24.3 Å². The lowest BCUT2D eigenvalue weighted by Crippen LogP contribution is -2.35. The van der Waals surface area contributed by atoms with E-state index in [2.05, 4.69) is 9.88 Å². The number of hydrogen-bond acceptors (Lipinski definition) is 5. The van der Waals surface area contributed by atoms with E-state index in [-0.39, 0.29) is 5.56 Å². The number of fused-ring (bicyclic) bond motifs is 1. The summed E-state index contributed by atoms with van der Waals surface area (Å²) in [5.74, 6) is 2.06. The van der Waals surface area contributed by atoms with Gasteiger partial charge in [0, 0.05) is 41.3 Å². The van der Waals surface area contributed by atoms with Crippen LogP contribution in [0.5, 0.6) is 0 Å². The summed E-state index contributed by atoms with van der Waals surface area (Å²) in [5, 5.41) is 1.12. The minimum atomic E-state index is -0.111. The molecule has 6 nitrogen and oxygen atoms in total. The number of nitrogens with one attached hydrogen (secondary N) is 1. The van der Waals surface area contributed by atoms with E-state index in [4.69, 9.17) is 38.3 Å². The number of aromatic amines is 1. The van der Waals surface area contributed by atoms with E-state index >= 15 is 0 Å². The molecule has 2 aromatic heterocycles. The Hall–Kier alpha value is -3.06. The molecule has 0 saturated carbocycles. The highest BCUT2D eigenvalue weighted by molar-refractivity contribution is 6.36.